The zero-order chi connectivity index (χ0) is 15.7. The molecule has 21 heavy (non-hydrogen) atoms. The van der Waals surface area contributed by atoms with Crippen molar-refractivity contribution in [3.63, 3.8) is 0 Å². The van der Waals surface area contributed by atoms with Crippen molar-refractivity contribution in [2.75, 3.05) is 0 Å². The highest BCUT2D eigenvalue weighted by Gasteiger charge is 2.43. The summed E-state index contributed by atoms with van der Waals surface area (Å²) in [4.78, 5) is 6.33. The SMILES string of the molecule is CC(ON1C(C)(C)CCCC1(C)C)c1ccc([NH+]=[N-])cc1. The van der Waals surface area contributed by atoms with Crippen LogP contribution in [0, 0.1) is 0 Å². The maximum Gasteiger partial charge on any atom is 0.192 e. The predicted octanol–water partition coefficient (Wildman–Crippen LogP) is 3.46. The van der Waals surface area contributed by atoms with E-state index in [9.17, 15) is 0 Å². The summed E-state index contributed by atoms with van der Waals surface area (Å²) in [7, 11) is 0. The van der Waals surface area contributed by atoms with Gasteiger partial charge in [0.1, 0.15) is 6.10 Å². The van der Waals surface area contributed by atoms with Crippen molar-refractivity contribution in [3.05, 3.63) is 35.4 Å². The van der Waals surface area contributed by atoms with E-state index >= 15 is 0 Å². The minimum absolute atomic E-state index is 0.0191. The fourth-order valence-corrected chi connectivity index (χ4v) is 3.31. The van der Waals surface area contributed by atoms with Crippen LogP contribution in [0.3, 0.4) is 0 Å². The minimum Gasteiger partial charge on any atom is -0.502 e. The summed E-state index contributed by atoms with van der Waals surface area (Å²) < 4.78 is 0. The van der Waals surface area contributed by atoms with Crippen LogP contribution in [0.25, 0.3) is 5.53 Å². The molecule has 2 rings (SSSR count). The topological polar surface area (TPSA) is 48.7 Å². The van der Waals surface area contributed by atoms with Crippen molar-refractivity contribution >= 4 is 5.69 Å². The number of hydrogen-bond donors (Lipinski definition) is 1. The molecule has 1 atom stereocenters. The molecule has 0 bridgehead atoms. The van der Waals surface area contributed by atoms with Crippen LogP contribution in [0.2, 0.25) is 0 Å². The Morgan fingerprint density at radius 3 is 2.10 bits per heavy atom. The molecule has 4 heteroatoms. The van der Waals surface area contributed by atoms with Crippen LogP contribution in [-0.2, 0) is 4.84 Å². The summed E-state index contributed by atoms with van der Waals surface area (Å²) in [5.41, 5.74) is 10.8. The Hall–Kier alpha value is -1.26. The van der Waals surface area contributed by atoms with E-state index in [-0.39, 0.29) is 17.2 Å². The molecule has 1 unspecified atom stereocenters. The predicted molar refractivity (Wildman–Crippen MR) is 83.8 cm³/mol. The molecule has 4 nitrogen and oxygen atoms in total. The van der Waals surface area contributed by atoms with Gasteiger partial charge in [-0.3, -0.25) is 9.95 Å². The number of hydrogen-bond acceptors (Lipinski definition) is 2. The van der Waals surface area contributed by atoms with Crippen LogP contribution in [-0.4, -0.2) is 16.1 Å². The Balaban J connectivity index is 2.15. The average Bonchev–Trinajstić information content (AvgIpc) is 2.42. The highest BCUT2D eigenvalue weighted by molar-refractivity contribution is 5.32. The first-order chi connectivity index (χ1) is 9.76. The third-order valence-corrected chi connectivity index (χ3v) is 4.45. The molecular formula is C17H27N3O. The van der Waals surface area contributed by atoms with Gasteiger partial charge in [-0.25, -0.2) is 0 Å². The molecule has 0 aliphatic carbocycles. The molecule has 1 heterocycles. The highest BCUT2D eigenvalue weighted by atomic mass is 16.7. The smallest absolute Gasteiger partial charge is 0.192 e. The lowest BCUT2D eigenvalue weighted by Crippen LogP contribution is -2.58. The minimum atomic E-state index is -0.0191. The lowest BCUT2D eigenvalue weighted by atomic mass is 9.82. The van der Waals surface area contributed by atoms with Crippen molar-refractivity contribution in [2.45, 2.75) is 71.1 Å². The number of nitrogens with zero attached hydrogens (tertiary/aromatic N) is 2. The van der Waals surface area contributed by atoms with Gasteiger partial charge in [-0.15, -0.1) is 0 Å². The van der Waals surface area contributed by atoms with Crippen molar-refractivity contribution in [1.82, 2.24) is 5.06 Å². The van der Waals surface area contributed by atoms with E-state index < -0.39 is 0 Å². The first-order valence-corrected chi connectivity index (χ1v) is 7.73. The van der Waals surface area contributed by atoms with E-state index in [1.165, 1.54) is 6.42 Å². The van der Waals surface area contributed by atoms with Crippen molar-refractivity contribution in [3.8, 4) is 0 Å². The number of nitrogens with one attached hydrogen (secondary N) is 1. The molecular weight excluding hydrogens is 262 g/mol. The summed E-state index contributed by atoms with van der Waals surface area (Å²) in [5.74, 6) is 0. The fraction of sp³-hybridized carbons (Fsp3) is 0.647. The van der Waals surface area contributed by atoms with E-state index in [0.29, 0.717) is 5.69 Å². The Morgan fingerprint density at radius 1 is 1.10 bits per heavy atom. The van der Waals surface area contributed by atoms with E-state index in [2.05, 4.69) is 44.8 Å². The summed E-state index contributed by atoms with van der Waals surface area (Å²) in [6, 6.07) is 7.66. The van der Waals surface area contributed by atoms with Gasteiger partial charge < -0.3 is 5.53 Å². The van der Waals surface area contributed by atoms with Crippen LogP contribution in [0.4, 0.5) is 5.69 Å². The van der Waals surface area contributed by atoms with Gasteiger partial charge in [-0.1, -0.05) is 0 Å². The summed E-state index contributed by atoms with van der Waals surface area (Å²) in [6.45, 7) is 11.1. The zero-order valence-electron chi connectivity index (χ0n) is 13.8. The molecule has 116 valence electrons. The lowest BCUT2D eigenvalue weighted by Gasteiger charge is -2.52. The van der Waals surface area contributed by atoms with Crippen LogP contribution >= 0.6 is 0 Å². The maximum atomic E-state index is 8.88. The van der Waals surface area contributed by atoms with Crippen LogP contribution in [0.15, 0.2) is 24.3 Å². The second-order valence-electron chi connectivity index (χ2n) is 7.25. The molecule has 1 aromatic rings. The molecule has 1 saturated heterocycles. The van der Waals surface area contributed by atoms with Gasteiger partial charge in [0.2, 0.25) is 0 Å². The first kappa shape index (κ1) is 16.1. The van der Waals surface area contributed by atoms with Gasteiger partial charge in [0.15, 0.2) is 5.69 Å². The number of rotatable bonds is 4. The Kier molecular flexibility index (Phi) is 4.49. The summed E-state index contributed by atoms with van der Waals surface area (Å²) in [6.07, 6.45) is 3.52. The molecule has 1 aromatic carbocycles. The van der Waals surface area contributed by atoms with Crippen LogP contribution < -0.4 is 5.11 Å². The van der Waals surface area contributed by atoms with Gasteiger partial charge in [0, 0.05) is 23.2 Å². The van der Waals surface area contributed by atoms with Gasteiger partial charge in [0.05, 0.1) is 0 Å². The molecule has 0 spiro atoms. The normalized spacial score (nSPS) is 22.7. The fourth-order valence-electron chi connectivity index (χ4n) is 3.31. The van der Waals surface area contributed by atoms with Crippen molar-refractivity contribution in [1.29, 1.82) is 0 Å². The monoisotopic (exact) mass is 289 g/mol. The molecule has 1 aliphatic heterocycles. The lowest BCUT2D eigenvalue weighted by molar-refractivity contribution is -0.379. The second-order valence-corrected chi connectivity index (χ2v) is 7.25. The molecule has 1 N–H and O–H groups in total. The van der Waals surface area contributed by atoms with Gasteiger partial charge in [-0.05, 0) is 71.6 Å². The molecule has 1 fully saturated rings. The second kappa shape index (κ2) is 5.85. The summed E-state index contributed by atoms with van der Waals surface area (Å²) >= 11 is 0. The molecule has 0 radical (unpaired) electrons. The third kappa shape index (κ3) is 3.50. The van der Waals surface area contributed by atoms with Crippen LogP contribution in [0.5, 0.6) is 0 Å². The Bertz CT molecular complexity index is 477. The van der Waals surface area contributed by atoms with E-state index in [1.807, 2.05) is 24.3 Å². The third-order valence-electron chi connectivity index (χ3n) is 4.45. The van der Waals surface area contributed by atoms with Crippen molar-refractivity contribution < 1.29 is 9.95 Å². The zero-order valence-corrected chi connectivity index (χ0v) is 13.8. The molecule has 0 aromatic heterocycles. The Labute approximate surface area is 128 Å². The molecule has 0 amide bonds. The summed E-state index contributed by atoms with van der Waals surface area (Å²) in [5, 5.41) is 4.34. The highest BCUT2D eigenvalue weighted by Crippen LogP contribution is 2.40. The maximum absolute atomic E-state index is 8.88. The standard InChI is InChI=1S/C17H27N3O/c1-13(14-7-9-15(19-18)10-8-14)21-20-16(2,3)11-6-12-17(20,4)5/h7-10,13,19H,6,11-12H2,1-5H3. The van der Waals surface area contributed by atoms with Gasteiger partial charge in [0.25, 0.3) is 0 Å². The molecule has 1 aliphatic rings. The quantitative estimate of drug-likeness (QED) is 0.863. The molecule has 0 saturated carbocycles. The largest absolute Gasteiger partial charge is 0.502 e. The number of benzene rings is 1. The van der Waals surface area contributed by atoms with Crippen LogP contribution in [0.1, 0.15) is 65.5 Å². The number of hydroxylamine groups is 2. The van der Waals surface area contributed by atoms with Gasteiger partial charge in [-0.2, -0.15) is 5.06 Å². The Morgan fingerprint density at radius 2 is 1.62 bits per heavy atom. The van der Waals surface area contributed by atoms with E-state index in [1.54, 1.807) is 0 Å². The first-order valence-electron chi connectivity index (χ1n) is 7.73. The average molecular weight is 289 g/mol. The van der Waals surface area contributed by atoms with Gasteiger partial charge >= 0.3 is 0 Å². The number of piperidine rings is 1. The van der Waals surface area contributed by atoms with E-state index in [0.717, 1.165) is 18.4 Å². The van der Waals surface area contributed by atoms with Crippen molar-refractivity contribution in [2.24, 2.45) is 0 Å². The van der Waals surface area contributed by atoms with E-state index in [4.69, 9.17) is 10.4 Å².